The fraction of sp³-hybridized carbons (Fsp3) is 0.389. The third-order valence-electron chi connectivity index (χ3n) is 4.31. The van der Waals surface area contributed by atoms with Gasteiger partial charge in [0.15, 0.2) is 5.82 Å². The molecule has 0 aliphatic carbocycles. The van der Waals surface area contributed by atoms with Gasteiger partial charge < -0.3 is 14.7 Å². The van der Waals surface area contributed by atoms with E-state index in [1.165, 1.54) is 0 Å². The maximum atomic E-state index is 9.74. The Hall–Kier alpha value is -2.67. The van der Waals surface area contributed by atoms with Crippen LogP contribution >= 0.6 is 0 Å². The SMILES string of the molecule is CC(C)Oc1ccc2[nH]nc(-c3cnnc(N4CC[C@H](O)C4)c3)c2c1. The number of nitrogens with one attached hydrogen (secondary N) is 1. The fourth-order valence-electron chi connectivity index (χ4n) is 3.15. The summed E-state index contributed by atoms with van der Waals surface area (Å²) in [6.07, 6.45) is 2.28. The van der Waals surface area contributed by atoms with Crippen LogP contribution in [-0.4, -0.2) is 50.8 Å². The monoisotopic (exact) mass is 339 g/mol. The largest absolute Gasteiger partial charge is 0.491 e. The van der Waals surface area contributed by atoms with Crippen LogP contribution in [0.2, 0.25) is 0 Å². The van der Waals surface area contributed by atoms with Crippen molar-refractivity contribution in [2.24, 2.45) is 0 Å². The summed E-state index contributed by atoms with van der Waals surface area (Å²) in [6.45, 7) is 5.38. The lowest BCUT2D eigenvalue weighted by molar-refractivity contribution is 0.198. The predicted molar refractivity (Wildman–Crippen MR) is 95.7 cm³/mol. The molecule has 0 saturated carbocycles. The summed E-state index contributed by atoms with van der Waals surface area (Å²) in [5.41, 5.74) is 2.65. The van der Waals surface area contributed by atoms with Gasteiger partial charge in [-0.25, -0.2) is 0 Å². The number of rotatable bonds is 4. The van der Waals surface area contributed by atoms with Gasteiger partial charge in [0.05, 0.1) is 23.9 Å². The van der Waals surface area contributed by atoms with E-state index in [2.05, 4.69) is 20.4 Å². The highest BCUT2D eigenvalue weighted by atomic mass is 16.5. The summed E-state index contributed by atoms with van der Waals surface area (Å²) >= 11 is 0. The van der Waals surface area contributed by atoms with Gasteiger partial charge in [-0.1, -0.05) is 0 Å². The zero-order valence-corrected chi connectivity index (χ0v) is 14.3. The lowest BCUT2D eigenvalue weighted by Crippen LogP contribution is -2.22. The highest BCUT2D eigenvalue weighted by Crippen LogP contribution is 2.31. The summed E-state index contributed by atoms with van der Waals surface area (Å²) < 4.78 is 5.79. The molecule has 0 radical (unpaired) electrons. The number of β-amino-alcohol motifs (C(OH)–C–C–N with tert-alkyl or cyclic N) is 1. The molecule has 2 N–H and O–H groups in total. The topological polar surface area (TPSA) is 87.2 Å². The van der Waals surface area contributed by atoms with Gasteiger partial charge in [0.25, 0.3) is 0 Å². The molecule has 1 fully saturated rings. The van der Waals surface area contributed by atoms with Gasteiger partial charge in [-0.05, 0) is 44.5 Å². The van der Waals surface area contributed by atoms with E-state index in [1.54, 1.807) is 6.20 Å². The lowest BCUT2D eigenvalue weighted by atomic mass is 10.1. The predicted octanol–water partition coefficient (Wildman–Crippen LogP) is 2.38. The Labute approximate surface area is 145 Å². The van der Waals surface area contributed by atoms with E-state index >= 15 is 0 Å². The molecule has 1 aromatic carbocycles. The number of aliphatic hydroxyl groups is 1. The molecule has 0 amide bonds. The molecule has 0 spiro atoms. The molecule has 0 unspecified atom stereocenters. The second kappa shape index (κ2) is 6.33. The summed E-state index contributed by atoms with van der Waals surface area (Å²) in [5, 5.41) is 26.6. The van der Waals surface area contributed by atoms with Gasteiger partial charge >= 0.3 is 0 Å². The van der Waals surface area contributed by atoms with Gasteiger partial charge in [-0.15, -0.1) is 5.10 Å². The van der Waals surface area contributed by atoms with Crippen molar-refractivity contribution in [3.05, 3.63) is 30.5 Å². The average molecular weight is 339 g/mol. The van der Waals surface area contributed by atoms with Crippen molar-refractivity contribution < 1.29 is 9.84 Å². The van der Waals surface area contributed by atoms with E-state index in [1.807, 2.05) is 43.0 Å². The van der Waals surface area contributed by atoms with E-state index in [4.69, 9.17) is 4.74 Å². The minimum Gasteiger partial charge on any atom is -0.491 e. The number of ether oxygens (including phenoxy) is 1. The van der Waals surface area contributed by atoms with Crippen LogP contribution in [0.15, 0.2) is 30.5 Å². The Kier molecular flexibility index (Phi) is 4.01. The first-order valence-electron chi connectivity index (χ1n) is 8.51. The van der Waals surface area contributed by atoms with Crippen LogP contribution in [0.3, 0.4) is 0 Å². The van der Waals surface area contributed by atoms with Crippen LogP contribution < -0.4 is 9.64 Å². The van der Waals surface area contributed by atoms with Crippen LogP contribution in [0, 0.1) is 0 Å². The Bertz CT molecular complexity index is 892. The highest BCUT2D eigenvalue weighted by molar-refractivity contribution is 5.93. The minimum absolute atomic E-state index is 0.114. The number of benzene rings is 1. The molecule has 1 atom stereocenters. The molecule has 4 rings (SSSR count). The van der Waals surface area contributed by atoms with E-state index < -0.39 is 0 Å². The van der Waals surface area contributed by atoms with Gasteiger partial charge in [0.2, 0.25) is 0 Å². The van der Waals surface area contributed by atoms with Gasteiger partial charge in [0.1, 0.15) is 11.4 Å². The number of hydrogen-bond acceptors (Lipinski definition) is 6. The normalized spacial score (nSPS) is 17.6. The molecular weight excluding hydrogens is 318 g/mol. The zero-order valence-electron chi connectivity index (χ0n) is 14.3. The number of aromatic nitrogens is 4. The van der Waals surface area contributed by atoms with E-state index in [0.717, 1.165) is 46.7 Å². The van der Waals surface area contributed by atoms with Crippen LogP contribution in [-0.2, 0) is 0 Å². The quantitative estimate of drug-likeness (QED) is 0.759. The number of nitrogens with zero attached hydrogens (tertiary/aromatic N) is 4. The summed E-state index contributed by atoms with van der Waals surface area (Å²) in [7, 11) is 0. The number of hydrogen-bond donors (Lipinski definition) is 2. The third kappa shape index (κ3) is 3.15. The van der Waals surface area contributed by atoms with E-state index in [-0.39, 0.29) is 12.2 Å². The molecule has 25 heavy (non-hydrogen) atoms. The first-order chi connectivity index (χ1) is 12.1. The maximum absolute atomic E-state index is 9.74. The van der Waals surface area contributed by atoms with Crippen LogP contribution in [0.4, 0.5) is 5.82 Å². The summed E-state index contributed by atoms with van der Waals surface area (Å²) in [5.74, 6) is 1.58. The van der Waals surface area contributed by atoms with Crippen molar-refractivity contribution in [2.45, 2.75) is 32.5 Å². The molecule has 7 heteroatoms. The van der Waals surface area contributed by atoms with Gasteiger partial charge in [-0.3, -0.25) is 5.10 Å². The molecule has 1 saturated heterocycles. The number of aliphatic hydroxyl groups excluding tert-OH is 1. The van der Waals surface area contributed by atoms with E-state index in [9.17, 15) is 5.11 Å². The van der Waals surface area contributed by atoms with Crippen LogP contribution in [0.1, 0.15) is 20.3 Å². The molecule has 3 aromatic rings. The molecule has 130 valence electrons. The van der Waals surface area contributed by atoms with Gasteiger partial charge in [-0.2, -0.15) is 10.2 Å². The Morgan fingerprint density at radius 1 is 1.32 bits per heavy atom. The minimum atomic E-state index is -0.299. The number of fused-ring (bicyclic) bond motifs is 1. The fourth-order valence-corrected chi connectivity index (χ4v) is 3.15. The molecule has 0 bridgehead atoms. The molecule has 1 aliphatic rings. The van der Waals surface area contributed by atoms with Crippen LogP contribution in [0.5, 0.6) is 5.75 Å². The standard InChI is InChI=1S/C18H21N5O2/c1-11(2)25-14-3-4-16-15(8-14)18(22-20-16)12-7-17(21-19-9-12)23-6-5-13(24)10-23/h3-4,7-9,11,13,24H,5-6,10H2,1-2H3,(H,20,22)/t13-/m0/s1. The second-order valence-corrected chi connectivity index (χ2v) is 6.64. The van der Waals surface area contributed by atoms with Crippen molar-refractivity contribution >= 4 is 16.7 Å². The first-order valence-corrected chi connectivity index (χ1v) is 8.51. The lowest BCUT2D eigenvalue weighted by Gasteiger charge is -2.16. The van der Waals surface area contributed by atoms with Gasteiger partial charge in [0, 0.05) is 24.0 Å². The second-order valence-electron chi connectivity index (χ2n) is 6.64. The smallest absolute Gasteiger partial charge is 0.151 e. The summed E-state index contributed by atoms with van der Waals surface area (Å²) in [6, 6.07) is 7.87. The Morgan fingerprint density at radius 2 is 2.20 bits per heavy atom. The zero-order chi connectivity index (χ0) is 17.4. The van der Waals surface area contributed by atoms with Crippen LogP contribution in [0.25, 0.3) is 22.2 Å². The highest BCUT2D eigenvalue weighted by Gasteiger charge is 2.22. The Morgan fingerprint density at radius 3 is 2.96 bits per heavy atom. The van der Waals surface area contributed by atoms with Crippen molar-refractivity contribution in [1.82, 2.24) is 20.4 Å². The first kappa shape index (κ1) is 15.8. The summed E-state index contributed by atoms with van der Waals surface area (Å²) in [4.78, 5) is 2.04. The van der Waals surface area contributed by atoms with Crippen molar-refractivity contribution in [3.63, 3.8) is 0 Å². The maximum Gasteiger partial charge on any atom is 0.151 e. The van der Waals surface area contributed by atoms with Crippen molar-refractivity contribution in [2.75, 3.05) is 18.0 Å². The van der Waals surface area contributed by atoms with E-state index in [0.29, 0.717) is 6.54 Å². The van der Waals surface area contributed by atoms with Crippen molar-refractivity contribution in [3.8, 4) is 17.0 Å². The third-order valence-corrected chi connectivity index (χ3v) is 4.31. The molecule has 7 nitrogen and oxygen atoms in total. The Balaban J connectivity index is 1.71. The number of anilines is 1. The number of aromatic amines is 1. The molecule has 2 aromatic heterocycles. The molecule has 1 aliphatic heterocycles. The average Bonchev–Trinajstić information content (AvgIpc) is 3.20. The van der Waals surface area contributed by atoms with Crippen molar-refractivity contribution in [1.29, 1.82) is 0 Å². The molecular formula is C18H21N5O2. The number of H-pyrrole nitrogens is 1. The molecule has 3 heterocycles.